The van der Waals surface area contributed by atoms with E-state index in [1.165, 1.54) is 11.1 Å². The number of aromatic nitrogens is 2. The molecule has 1 aliphatic rings. The summed E-state index contributed by atoms with van der Waals surface area (Å²) in [5.74, 6) is 0.502. The van der Waals surface area contributed by atoms with Gasteiger partial charge in [0.05, 0.1) is 17.1 Å². The molecule has 0 saturated carbocycles. The summed E-state index contributed by atoms with van der Waals surface area (Å²) in [4.78, 5) is 5.04. The van der Waals surface area contributed by atoms with Gasteiger partial charge in [-0.3, -0.25) is 0 Å². The lowest BCUT2D eigenvalue weighted by Gasteiger charge is -2.21. The molecule has 0 N–H and O–H groups in total. The first-order chi connectivity index (χ1) is 12.7. The van der Waals surface area contributed by atoms with Crippen molar-refractivity contribution in [1.82, 2.24) is 10.2 Å². The highest BCUT2D eigenvalue weighted by Crippen LogP contribution is 2.28. The minimum absolute atomic E-state index is 0.502. The van der Waals surface area contributed by atoms with Crippen molar-refractivity contribution < 1.29 is 4.84 Å². The monoisotopic (exact) mass is 343 g/mol. The first-order valence-corrected chi connectivity index (χ1v) is 8.87. The van der Waals surface area contributed by atoms with E-state index in [1.807, 2.05) is 6.07 Å². The van der Waals surface area contributed by atoms with Gasteiger partial charge in [0.2, 0.25) is 0 Å². The summed E-state index contributed by atoms with van der Waals surface area (Å²) >= 11 is 0. The molecule has 2 aromatic carbocycles. The van der Waals surface area contributed by atoms with Crippen LogP contribution in [0, 0.1) is 5.92 Å². The Morgan fingerprint density at radius 2 is 1.58 bits per heavy atom. The molecule has 1 aromatic heterocycles. The smallest absolute Gasteiger partial charge is 0.106 e. The summed E-state index contributed by atoms with van der Waals surface area (Å²) in [5.41, 5.74) is 7.33. The average molecular weight is 343 g/mol. The SMILES string of the molecule is CO/N=C1/C[C@H](C)Cc2nnc(-c3ccc(-c4ccccc4)cc3)cc21. The highest BCUT2D eigenvalue weighted by Gasteiger charge is 2.24. The Morgan fingerprint density at radius 1 is 0.885 bits per heavy atom. The zero-order valence-electron chi connectivity index (χ0n) is 15.0. The minimum atomic E-state index is 0.502. The number of hydrogen-bond donors (Lipinski definition) is 0. The molecule has 1 atom stereocenters. The van der Waals surface area contributed by atoms with Crippen molar-refractivity contribution in [2.75, 3.05) is 7.11 Å². The van der Waals surface area contributed by atoms with Gasteiger partial charge in [0, 0.05) is 11.1 Å². The molecule has 0 unspecified atom stereocenters. The van der Waals surface area contributed by atoms with Gasteiger partial charge in [0.1, 0.15) is 7.11 Å². The second-order valence-corrected chi connectivity index (χ2v) is 6.77. The molecule has 0 spiro atoms. The van der Waals surface area contributed by atoms with E-state index in [1.54, 1.807) is 7.11 Å². The fourth-order valence-corrected chi connectivity index (χ4v) is 3.46. The lowest BCUT2D eigenvalue weighted by atomic mass is 9.86. The summed E-state index contributed by atoms with van der Waals surface area (Å²) in [6.45, 7) is 2.20. The number of rotatable bonds is 3. The molecule has 130 valence electrons. The summed E-state index contributed by atoms with van der Waals surface area (Å²) < 4.78 is 0. The van der Waals surface area contributed by atoms with Crippen molar-refractivity contribution in [1.29, 1.82) is 0 Å². The van der Waals surface area contributed by atoms with Gasteiger partial charge in [0.15, 0.2) is 0 Å². The Balaban J connectivity index is 1.69. The second-order valence-electron chi connectivity index (χ2n) is 6.77. The van der Waals surface area contributed by atoms with Gasteiger partial charge in [-0.25, -0.2) is 0 Å². The van der Waals surface area contributed by atoms with Crippen LogP contribution in [0.3, 0.4) is 0 Å². The van der Waals surface area contributed by atoms with Crippen LogP contribution in [0.4, 0.5) is 0 Å². The van der Waals surface area contributed by atoms with Crippen LogP contribution in [0.15, 0.2) is 65.8 Å². The average Bonchev–Trinajstić information content (AvgIpc) is 2.69. The van der Waals surface area contributed by atoms with E-state index in [9.17, 15) is 0 Å². The number of nitrogens with zero attached hydrogens (tertiary/aromatic N) is 3. The summed E-state index contributed by atoms with van der Waals surface area (Å²) in [6.07, 6.45) is 1.83. The zero-order chi connectivity index (χ0) is 17.9. The van der Waals surface area contributed by atoms with E-state index >= 15 is 0 Å². The van der Waals surface area contributed by atoms with Crippen LogP contribution in [-0.4, -0.2) is 23.0 Å². The van der Waals surface area contributed by atoms with Crippen LogP contribution < -0.4 is 0 Å². The van der Waals surface area contributed by atoms with Crippen molar-refractivity contribution in [3.63, 3.8) is 0 Å². The zero-order valence-corrected chi connectivity index (χ0v) is 15.0. The highest BCUT2D eigenvalue weighted by molar-refractivity contribution is 6.02. The van der Waals surface area contributed by atoms with Crippen molar-refractivity contribution in [2.24, 2.45) is 11.1 Å². The van der Waals surface area contributed by atoms with Gasteiger partial charge in [-0.2, -0.15) is 10.2 Å². The number of benzene rings is 2. The second kappa shape index (κ2) is 7.08. The Hall–Kier alpha value is -3.01. The Morgan fingerprint density at radius 3 is 2.31 bits per heavy atom. The van der Waals surface area contributed by atoms with Crippen LogP contribution in [0.25, 0.3) is 22.4 Å². The number of oxime groups is 1. The molecule has 0 aliphatic heterocycles. The van der Waals surface area contributed by atoms with E-state index < -0.39 is 0 Å². The van der Waals surface area contributed by atoms with Gasteiger partial charge in [-0.15, -0.1) is 0 Å². The summed E-state index contributed by atoms with van der Waals surface area (Å²) in [5, 5.41) is 13.1. The number of hydrogen-bond acceptors (Lipinski definition) is 4. The molecule has 26 heavy (non-hydrogen) atoms. The third-order valence-electron chi connectivity index (χ3n) is 4.75. The molecule has 1 aliphatic carbocycles. The predicted molar refractivity (Wildman–Crippen MR) is 104 cm³/mol. The van der Waals surface area contributed by atoms with Gasteiger partial charge in [-0.05, 0) is 36.0 Å². The van der Waals surface area contributed by atoms with Crippen LogP contribution in [-0.2, 0) is 11.3 Å². The molecule has 0 amide bonds. The van der Waals surface area contributed by atoms with E-state index in [2.05, 4.69) is 76.9 Å². The van der Waals surface area contributed by atoms with Gasteiger partial charge in [-0.1, -0.05) is 66.7 Å². The molecule has 0 bridgehead atoms. The molecule has 4 heteroatoms. The van der Waals surface area contributed by atoms with Crippen molar-refractivity contribution in [3.05, 3.63) is 71.9 Å². The van der Waals surface area contributed by atoms with E-state index in [0.717, 1.165) is 41.1 Å². The van der Waals surface area contributed by atoms with Gasteiger partial charge >= 0.3 is 0 Å². The minimum Gasteiger partial charge on any atom is -0.399 e. The third-order valence-corrected chi connectivity index (χ3v) is 4.75. The van der Waals surface area contributed by atoms with Crippen molar-refractivity contribution in [2.45, 2.75) is 19.8 Å². The van der Waals surface area contributed by atoms with Gasteiger partial charge in [0.25, 0.3) is 0 Å². The third kappa shape index (κ3) is 3.23. The fraction of sp³-hybridized carbons (Fsp3) is 0.227. The molecule has 0 fully saturated rings. The maximum atomic E-state index is 5.04. The van der Waals surface area contributed by atoms with Crippen LogP contribution in [0.5, 0.6) is 0 Å². The van der Waals surface area contributed by atoms with E-state index in [0.29, 0.717) is 5.92 Å². The summed E-state index contributed by atoms with van der Waals surface area (Å²) in [7, 11) is 1.59. The largest absolute Gasteiger partial charge is 0.399 e. The lowest BCUT2D eigenvalue weighted by molar-refractivity contribution is 0.212. The molecule has 4 rings (SSSR count). The van der Waals surface area contributed by atoms with Crippen LogP contribution >= 0.6 is 0 Å². The first-order valence-electron chi connectivity index (χ1n) is 8.87. The van der Waals surface area contributed by atoms with Gasteiger partial charge < -0.3 is 4.84 Å². The molecule has 4 nitrogen and oxygen atoms in total. The lowest BCUT2D eigenvalue weighted by Crippen LogP contribution is -2.21. The maximum Gasteiger partial charge on any atom is 0.106 e. The van der Waals surface area contributed by atoms with E-state index in [-0.39, 0.29) is 0 Å². The standard InChI is InChI=1S/C22H21N3O/c1-15-12-21-19(22(13-15)25-26-2)14-20(23-24-21)18-10-8-17(9-11-18)16-6-4-3-5-7-16/h3-11,14-15H,12-13H2,1-2H3/b25-22-/t15-/m1/s1. The Labute approximate surface area is 153 Å². The van der Waals surface area contributed by atoms with Crippen LogP contribution in [0.2, 0.25) is 0 Å². The molecule has 1 heterocycles. The molecule has 0 radical (unpaired) electrons. The molecular formula is C22H21N3O. The normalized spacial score (nSPS) is 17.8. The number of fused-ring (bicyclic) bond motifs is 1. The molecule has 3 aromatic rings. The Bertz CT molecular complexity index is 933. The quantitative estimate of drug-likeness (QED) is 0.645. The topological polar surface area (TPSA) is 47.4 Å². The summed E-state index contributed by atoms with van der Waals surface area (Å²) in [6, 6.07) is 20.9. The molecular weight excluding hydrogens is 322 g/mol. The van der Waals surface area contributed by atoms with E-state index in [4.69, 9.17) is 4.84 Å². The van der Waals surface area contributed by atoms with Crippen molar-refractivity contribution in [3.8, 4) is 22.4 Å². The maximum absolute atomic E-state index is 5.04. The molecule has 0 saturated heterocycles. The highest BCUT2D eigenvalue weighted by atomic mass is 16.6. The van der Waals surface area contributed by atoms with Crippen LogP contribution in [0.1, 0.15) is 24.6 Å². The predicted octanol–water partition coefficient (Wildman–Crippen LogP) is 4.74. The van der Waals surface area contributed by atoms with Crippen molar-refractivity contribution >= 4 is 5.71 Å². The fourth-order valence-electron chi connectivity index (χ4n) is 3.46. The Kier molecular flexibility index (Phi) is 4.48. The first kappa shape index (κ1) is 16.5.